The van der Waals surface area contributed by atoms with Gasteiger partial charge in [-0.3, -0.25) is 9.69 Å². The maximum atomic E-state index is 14.1. The van der Waals surface area contributed by atoms with Crippen molar-refractivity contribution in [3.8, 4) is 11.5 Å². The monoisotopic (exact) mass is 835 g/mol. The summed E-state index contributed by atoms with van der Waals surface area (Å²) in [5.41, 5.74) is -2.77. The molecule has 4 rings (SSSR count). The van der Waals surface area contributed by atoms with Gasteiger partial charge in [0.1, 0.15) is 29.3 Å². The van der Waals surface area contributed by atoms with E-state index in [4.69, 9.17) is 35.3 Å². The average Bonchev–Trinajstić information content (AvgIpc) is 3.19. The first kappa shape index (κ1) is 47.5. The number of likely N-dealkylation sites (N-methyl/N-ethyl adjacent to an activating group) is 1. The number of ether oxygens (including phenoxy) is 5. The third-order valence-corrected chi connectivity index (χ3v) is 12.2. The summed E-state index contributed by atoms with van der Waals surface area (Å²) in [6.07, 6.45) is -6.93. The Balaban J connectivity index is 1.78. The fourth-order valence-electron chi connectivity index (χ4n) is 8.37. The number of rotatable bonds is 8. The molecular weight excluding hydrogens is 770 g/mol. The van der Waals surface area contributed by atoms with Gasteiger partial charge in [-0.25, -0.2) is 4.79 Å². The van der Waals surface area contributed by atoms with Crippen molar-refractivity contribution < 1.29 is 53.7 Å². The van der Waals surface area contributed by atoms with Crippen LogP contribution < -0.4 is 19.7 Å². The first-order valence-electron chi connectivity index (χ1n) is 20.3. The Morgan fingerprint density at radius 2 is 1.69 bits per heavy atom. The van der Waals surface area contributed by atoms with Gasteiger partial charge in [-0.15, -0.1) is 0 Å². The van der Waals surface area contributed by atoms with Crippen molar-refractivity contribution >= 4 is 29.3 Å². The van der Waals surface area contributed by atoms with Crippen molar-refractivity contribution in [1.29, 1.82) is 0 Å². The van der Waals surface area contributed by atoms with E-state index < -0.39 is 84.0 Å². The van der Waals surface area contributed by atoms with Crippen LogP contribution in [0.25, 0.3) is 0 Å². The van der Waals surface area contributed by atoms with Crippen LogP contribution in [-0.2, 0) is 19.0 Å². The standard InChI is InChI=1S/C43H66ClN3O11/c1-12-34-43(8,53)37(49)28(6)45-23-24(2)22-42(7,52)38(26(4)35(48)27(5)39(50)57-34)58-40-36(56-30-18-19-33(54-11)31(44)21-30)32(20-25(3)55-40)47(10)41(51)46(9)29-16-14-13-15-17-29/h13-19,21,24-28,32,34-38,40,45,48-49,52-53H,12,20,22-23H2,1-11H3/t24-,25-,26+,27-,28-,32+,34-,35+,36-,37-,38-,40+,42-,43-/m1/s1. The molecule has 2 aromatic carbocycles. The molecule has 14 atom stereocenters. The molecular formula is C43H66ClN3O11. The highest BCUT2D eigenvalue weighted by Gasteiger charge is 2.51. The highest BCUT2D eigenvalue weighted by atomic mass is 35.5. The number of nitrogens with zero attached hydrogens (tertiary/aromatic N) is 2. The second kappa shape index (κ2) is 19.9. The number of anilines is 1. The number of urea groups is 1. The van der Waals surface area contributed by atoms with Crippen LogP contribution >= 0.6 is 11.6 Å². The van der Waals surface area contributed by atoms with Crippen LogP contribution in [0, 0.1) is 17.8 Å². The molecule has 14 nitrogen and oxygen atoms in total. The van der Waals surface area contributed by atoms with Crippen molar-refractivity contribution in [3.63, 3.8) is 0 Å². The van der Waals surface area contributed by atoms with Crippen molar-refractivity contribution in [2.24, 2.45) is 17.8 Å². The molecule has 0 aliphatic carbocycles. The molecule has 2 heterocycles. The molecule has 0 saturated carbocycles. The van der Waals surface area contributed by atoms with Gasteiger partial charge in [-0.2, -0.15) is 0 Å². The molecule has 2 aliphatic rings. The molecule has 15 heteroatoms. The first-order valence-corrected chi connectivity index (χ1v) is 20.6. The van der Waals surface area contributed by atoms with Gasteiger partial charge in [-0.1, -0.05) is 50.6 Å². The van der Waals surface area contributed by atoms with Crippen molar-refractivity contribution in [1.82, 2.24) is 10.2 Å². The van der Waals surface area contributed by atoms with E-state index in [1.54, 1.807) is 69.8 Å². The summed E-state index contributed by atoms with van der Waals surface area (Å²) >= 11 is 6.53. The largest absolute Gasteiger partial charge is 0.495 e. The Kier molecular flexibility index (Phi) is 16.3. The number of carbonyl (C=O) groups excluding carboxylic acids is 2. The Morgan fingerprint density at radius 1 is 1.03 bits per heavy atom. The molecule has 5 N–H and O–H groups in total. The number of aliphatic hydroxyl groups is 4. The summed E-state index contributed by atoms with van der Waals surface area (Å²) in [4.78, 5) is 30.9. The van der Waals surface area contributed by atoms with E-state index in [1.165, 1.54) is 21.0 Å². The molecule has 58 heavy (non-hydrogen) atoms. The average molecular weight is 836 g/mol. The van der Waals surface area contributed by atoms with Gasteiger partial charge in [0.15, 0.2) is 12.4 Å². The van der Waals surface area contributed by atoms with E-state index in [2.05, 4.69) is 5.32 Å². The Bertz CT molecular complexity index is 1650. The molecule has 0 bridgehead atoms. The first-order chi connectivity index (χ1) is 27.1. The number of aliphatic hydroxyl groups excluding tert-OH is 2. The fourth-order valence-corrected chi connectivity index (χ4v) is 8.61. The van der Waals surface area contributed by atoms with Crippen LogP contribution in [0.15, 0.2) is 48.5 Å². The number of halogens is 1. The number of nitrogens with one attached hydrogen (secondary N) is 1. The zero-order valence-corrected chi connectivity index (χ0v) is 36.6. The predicted molar refractivity (Wildman–Crippen MR) is 221 cm³/mol. The van der Waals surface area contributed by atoms with E-state index in [9.17, 15) is 30.0 Å². The van der Waals surface area contributed by atoms with Crippen LogP contribution in [0.2, 0.25) is 5.02 Å². The summed E-state index contributed by atoms with van der Waals surface area (Å²) in [6.45, 7) is 13.8. The Labute approximate surface area is 348 Å². The number of amides is 2. The molecule has 0 unspecified atom stereocenters. The molecule has 2 amide bonds. The lowest BCUT2D eigenvalue weighted by atomic mass is 9.78. The molecule has 0 spiro atoms. The lowest BCUT2D eigenvalue weighted by molar-refractivity contribution is -0.293. The minimum atomic E-state index is -1.81. The van der Waals surface area contributed by atoms with Crippen LogP contribution in [0.4, 0.5) is 10.5 Å². The number of hydrogen-bond donors (Lipinski definition) is 5. The normalized spacial score (nSPS) is 36.8. The number of esters is 1. The van der Waals surface area contributed by atoms with Gasteiger partial charge in [-0.05, 0) is 90.6 Å². The molecule has 326 valence electrons. The topological polar surface area (TPSA) is 180 Å². The van der Waals surface area contributed by atoms with Gasteiger partial charge in [0.25, 0.3) is 0 Å². The number of hydrogen-bond acceptors (Lipinski definition) is 12. The SMILES string of the molecule is CC[C@H]1OC(=O)[C@H](C)[C@@H](O)[C@H](C)[C@@H](O[C@@H]2O[C@H](C)C[C@H](N(C)C(=O)N(C)c3ccccc3)[C@H]2Oc2ccc(OC)c(Cl)c2)[C@](C)(O)C[C@@H](C)CN[C@H](C)[C@@H](O)[C@]1(C)O. The van der Waals surface area contributed by atoms with Gasteiger partial charge in [0.05, 0.1) is 48.0 Å². The van der Waals surface area contributed by atoms with Crippen LogP contribution in [0.5, 0.6) is 11.5 Å². The van der Waals surface area contributed by atoms with E-state index in [0.717, 1.165) is 0 Å². The maximum Gasteiger partial charge on any atom is 0.324 e. The summed E-state index contributed by atoms with van der Waals surface area (Å²) in [6, 6.07) is 12.6. The summed E-state index contributed by atoms with van der Waals surface area (Å²) in [5.74, 6) is -2.26. The van der Waals surface area contributed by atoms with Gasteiger partial charge in [0, 0.05) is 37.8 Å². The van der Waals surface area contributed by atoms with Crippen molar-refractivity contribution in [3.05, 3.63) is 53.6 Å². The van der Waals surface area contributed by atoms with Crippen molar-refractivity contribution in [2.45, 2.75) is 141 Å². The smallest absolute Gasteiger partial charge is 0.324 e. The zero-order valence-electron chi connectivity index (χ0n) is 35.8. The number of benzene rings is 2. The molecule has 2 fully saturated rings. The second-order valence-corrected chi connectivity index (χ2v) is 17.3. The number of methoxy groups -OCH3 is 1. The zero-order chi connectivity index (χ0) is 43.3. The third-order valence-electron chi connectivity index (χ3n) is 11.9. The summed E-state index contributed by atoms with van der Waals surface area (Å²) < 4.78 is 31.2. The third kappa shape index (κ3) is 10.9. The Morgan fingerprint density at radius 3 is 2.29 bits per heavy atom. The molecule has 0 radical (unpaired) electrons. The summed E-state index contributed by atoms with van der Waals surface area (Å²) in [7, 11) is 4.88. The maximum absolute atomic E-state index is 14.1. The van der Waals surface area contributed by atoms with Crippen LogP contribution in [0.1, 0.15) is 74.7 Å². The highest BCUT2D eigenvalue weighted by Crippen LogP contribution is 2.38. The van der Waals surface area contributed by atoms with Crippen LogP contribution in [0.3, 0.4) is 0 Å². The molecule has 2 aliphatic heterocycles. The fraction of sp³-hybridized carbons (Fsp3) is 0.674. The van der Waals surface area contributed by atoms with Crippen molar-refractivity contribution in [2.75, 3.05) is 32.6 Å². The van der Waals surface area contributed by atoms with Gasteiger partial charge < -0.3 is 54.3 Å². The number of carbonyl (C=O) groups is 2. The van der Waals surface area contributed by atoms with E-state index in [-0.39, 0.29) is 24.8 Å². The molecule has 2 aromatic rings. The quantitative estimate of drug-likeness (QED) is 0.225. The van der Waals surface area contributed by atoms with Gasteiger partial charge in [0.2, 0.25) is 0 Å². The summed E-state index contributed by atoms with van der Waals surface area (Å²) in [5, 5.41) is 50.6. The minimum absolute atomic E-state index is 0.156. The van der Waals surface area contributed by atoms with E-state index in [0.29, 0.717) is 35.2 Å². The molecule has 0 aromatic heterocycles. The predicted octanol–water partition coefficient (Wildman–Crippen LogP) is 5.01. The minimum Gasteiger partial charge on any atom is -0.495 e. The Hall–Kier alpha value is -3.21. The van der Waals surface area contributed by atoms with Gasteiger partial charge >= 0.3 is 12.0 Å². The van der Waals surface area contributed by atoms with E-state index in [1.807, 2.05) is 44.2 Å². The van der Waals surface area contributed by atoms with E-state index >= 15 is 0 Å². The molecule has 2 saturated heterocycles. The number of para-hydroxylation sites is 1. The second-order valence-electron chi connectivity index (χ2n) is 16.8. The van der Waals surface area contributed by atoms with Crippen LogP contribution in [-0.4, -0.2) is 131 Å². The lowest BCUT2D eigenvalue weighted by Gasteiger charge is -2.48. The number of cyclic esters (lactones) is 1. The highest BCUT2D eigenvalue weighted by molar-refractivity contribution is 6.32. The lowest BCUT2D eigenvalue weighted by Crippen LogP contribution is -2.62.